The van der Waals surface area contributed by atoms with E-state index in [1.165, 1.54) is 12.5 Å². The number of non-ortho nitro benzene ring substituents is 1. The molecule has 2 aliphatic rings. The third-order valence-corrected chi connectivity index (χ3v) is 5.15. The molecule has 0 saturated heterocycles. The monoisotopic (exact) mass is 349 g/mol. The number of benzene rings is 2. The van der Waals surface area contributed by atoms with E-state index in [1.807, 2.05) is 30.3 Å². The maximum Gasteiger partial charge on any atom is 0.269 e. The van der Waals surface area contributed by atoms with Crippen LogP contribution < -0.4 is 10.6 Å². The predicted octanol–water partition coefficient (Wildman–Crippen LogP) is 4.38. The highest BCUT2D eigenvalue weighted by Crippen LogP contribution is 2.50. The number of hydrogen-bond acceptors (Lipinski definition) is 4. The van der Waals surface area contributed by atoms with Gasteiger partial charge in [0.15, 0.2) is 0 Å². The number of fused-ring (bicyclic) bond motifs is 3. The molecule has 6 heteroatoms. The second kappa shape index (κ2) is 6.29. The Morgan fingerprint density at radius 3 is 2.69 bits per heavy atom. The molecule has 4 rings (SSSR count). The summed E-state index contributed by atoms with van der Waals surface area (Å²) in [4.78, 5) is 21.8. The summed E-state index contributed by atoms with van der Waals surface area (Å²) in [5.74, 6) is 0.521. The maximum absolute atomic E-state index is 11.3. The van der Waals surface area contributed by atoms with Crippen LogP contribution in [0.4, 0.5) is 17.1 Å². The van der Waals surface area contributed by atoms with Crippen molar-refractivity contribution in [2.45, 2.75) is 25.3 Å². The van der Waals surface area contributed by atoms with Crippen LogP contribution in [0.1, 0.15) is 36.4 Å². The Kier molecular flexibility index (Phi) is 3.95. The number of amides is 1. The van der Waals surface area contributed by atoms with Crippen LogP contribution in [0.5, 0.6) is 0 Å². The number of carbonyl (C=O) groups is 1. The van der Waals surface area contributed by atoms with E-state index in [-0.39, 0.29) is 28.5 Å². The zero-order chi connectivity index (χ0) is 18.3. The molecule has 0 spiro atoms. The van der Waals surface area contributed by atoms with Gasteiger partial charge in [-0.25, -0.2) is 0 Å². The normalized spacial score (nSPS) is 22.9. The van der Waals surface area contributed by atoms with Gasteiger partial charge in [0.1, 0.15) is 0 Å². The molecule has 0 aromatic heterocycles. The number of nitrogens with zero attached hydrogens (tertiary/aromatic N) is 1. The molecule has 2 aromatic rings. The summed E-state index contributed by atoms with van der Waals surface area (Å²) in [6.45, 7) is 1.50. The smallest absolute Gasteiger partial charge is 0.269 e. The maximum atomic E-state index is 11.3. The molecule has 0 unspecified atom stereocenters. The van der Waals surface area contributed by atoms with Gasteiger partial charge in [0.05, 0.1) is 11.0 Å². The molecule has 1 heterocycles. The highest BCUT2D eigenvalue weighted by atomic mass is 16.6. The fraction of sp³-hybridized carbons (Fsp3) is 0.250. The lowest BCUT2D eigenvalue weighted by molar-refractivity contribution is -0.384. The minimum atomic E-state index is -0.378. The fourth-order valence-corrected chi connectivity index (χ4v) is 4.01. The van der Waals surface area contributed by atoms with Crippen molar-refractivity contribution in [1.82, 2.24) is 0 Å². The highest BCUT2D eigenvalue weighted by molar-refractivity contribution is 5.89. The lowest BCUT2D eigenvalue weighted by atomic mass is 9.77. The van der Waals surface area contributed by atoms with Crippen molar-refractivity contribution < 1.29 is 9.72 Å². The average molecular weight is 349 g/mol. The van der Waals surface area contributed by atoms with E-state index in [0.29, 0.717) is 5.92 Å². The molecule has 1 amide bonds. The van der Waals surface area contributed by atoms with Gasteiger partial charge in [-0.05, 0) is 41.7 Å². The SMILES string of the molecule is CC(=O)Nc1ccc2c(c1)[C@H]1C=CC[C@@H]1[C@H](c1ccc([N+](=O)[O-])cc1)N2. The van der Waals surface area contributed by atoms with Crippen molar-refractivity contribution in [3.05, 3.63) is 75.9 Å². The fourth-order valence-electron chi connectivity index (χ4n) is 4.01. The summed E-state index contributed by atoms with van der Waals surface area (Å²) >= 11 is 0. The van der Waals surface area contributed by atoms with Gasteiger partial charge in [0.2, 0.25) is 5.91 Å². The topological polar surface area (TPSA) is 84.3 Å². The van der Waals surface area contributed by atoms with Crippen molar-refractivity contribution in [2.75, 3.05) is 10.6 Å². The summed E-state index contributed by atoms with van der Waals surface area (Å²) in [5.41, 5.74) is 4.16. The minimum Gasteiger partial charge on any atom is -0.378 e. The third-order valence-electron chi connectivity index (χ3n) is 5.15. The number of hydrogen-bond donors (Lipinski definition) is 2. The molecular weight excluding hydrogens is 330 g/mol. The molecule has 0 saturated carbocycles. The van der Waals surface area contributed by atoms with Crippen LogP contribution >= 0.6 is 0 Å². The van der Waals surface area contributed by atoms with Gasteiger partial charge >= 0.3 is 0 Å². The molecular formula is C20H19N3O3. The summed E-state index contributed by atoms with van der Waals surface area (Å²) in [5, 5.41) is 17.3. The molecule has 0 bridgehead atoms. The highest BCUT2D eigenvalue weighted by Gasteiger charge is 2.38. The standard InChI is InChI=1S/C20H19N3O3/c1-12(24)21-14-7-10-19-18(11-14)16-3-2-4-17(16)20(22-19)13-5-8-15(9-6-13)23(25)26/h2-3,5-11,16-17,20,22H,4H2,1H3,(H,21,24)/t16-,17-,20-/m0/s1. The lowest BCUT2D eigenvalue weighted by Crippen LogP contribution is -2.29. The summed E-state index contributed by atoms with van der Waals surface area (Å²) in [6.07, 6.45) is 5.36. The molecule has 132 valence electrons. The number of allylic oxidation sites excluding steroid dienone is 2. The van der Waals surface area contributed by atoms with Gasteiger partial charge in [-0.1, -0.05) is 24.3 Å². The summed E-state index contributed by atoms with van der Waals surface area (Å²) < 4.78 is 0. The van der Waals surface area contributed by atoms with E-state index < -0.39 is 0 Å². The average Bonchev–Trinajstić information content (AvgIpc) is 3.11. The van der Waals surface area contributed by atoms with Gasteiger partial charge in [0.25, 0.3) is 5.69 Å². The first-order chi connectivity index (χ1) is 12.5. The van der Waals surface area contributed by atoms with E-state index in [4.69, 9.17) is 0 Å². The van der Waals surface area contributed by atoms with E-state index >= 15 is 0 Å². The number of nitro benzene ring substituents is 1. The van der Waals surface area contributed by atoms with E-state index in [1.54, 1.807) is 12.1 Å². The van der Waals surface area contributed by atoms with Crippen molar-refractivity contribution in [1.29, 1.82) is 0 Å². The Balaban J connectivity index is 1.68. The third kappa shape index (κ3) is 2.83. The predicted molar refractivity (Wildman–Crippen MR) is 100 cm³/mol. The van der Waals surface area contributed by atoms with Crippen molar-refractivity contribution in [3.63, 3.8) is 0 Å². The molecule has 1 aliphatic heterocycles. The first-order valence-corrected chi connectivity index (χ1v) is 8.62. The van der Waals surface area contributed by atoms with Crippen LogP contribution in [-0.4, -0.2) is 10.8 Å². The van der Waals surface area contributed by atoms with Crippen LogP contribution in [-0.2, 0) is 4.79 Å². The van der Waals surface area contributed by atoms with Gasteiger partial charge in [-0.2, -0.15) is 0 Å². The first kappa shape index (κ1) is 16.3. The number of nitro groups is 1. The van der Waals surface area contributed by atoms with Crippen LogP contribution in [0.15, 0.2) is 54.6 Å². The van der Waals surface area contributed by atoms with Gasteiger partial charge in [0, 0.05) is 36.3 Å². The second-order valence-electron chi connectivity index (χ2n) is 6.81. The Hall–Kier alpha value is -3.15. The number of rotatable bonds is 3. The Morgan fingerprint density at radius 2 is 2.00 bits per heavy atom. The lowest BCUT2D eigenvalue weighted by Gasteiger charge is -2.37. The molecule has 2 N–H and O–H groups in total. The molecule has 2 aromatic carbocycles. The van der Waals surface area contributed by atoms with Crippen LogP contribution in [0.25, 0.3) is 0 Å². The molecule has 0 radical (unpaired) electrons. The summed E-state index contributed by atoms with van der Waals surface area (Å²) in [6, 6.07) is 12.8. The Morgan fingerprint density at radius 1 is 1.23 bits per heavy atom. The van der Waals surface area contributed by atoms with Crippen molar-refractivity contribution in [3.8, 4) is 0 Å². The minimum absolute atomic E-state index is 0.0870. The number of anilines is 2. The molecule has 0 fully saturated rings. The quantitative estimate of drug-likeness (QED) is 0.489. The van der Waals surface area contributed by atoms with Gasteiger partial charge < -0.3 is 10.6 Å². The first-order valence-electron chi connectivity index (χ1n) is 8.62. The largest absolute Gasteiger partial charge is 0.378 e. The van der Waals surface area contributed by atoms with E-state index in [9.17, 15) is 14.9 Å². The molecule has 26 heavy (non-hydrogen) atoms. The molecule has 1 aliphatic carbocycles. The van der Waals surface area contributed by atoms with Gasteiger partial charge in [-0.15, -0.1) is 0 Å². The number of carbonyl (C=O) groups excluding carboxylic acids is 1. The zero-order valence-corrected chi connectivity index (χ0v) is 14.3. The van der Waals surface area contributed by atoms with E-state index in [0.717, 1.165) is 23.4 Å². The van der Waals surface area contributed by atoms with Crippen molar-refractivity contribution in [2.24, 2.45) is 5.92 Å². The Labute approximate surface area is 151 Å². The van der Waals surface area contributed by atoms with Crippen LogP contribution in [0, 0.1) is 16.0 Å². The number of nitrogens with one attached hydrogen (secondary N) is 2. The van der Waals surface area contributed by atoms with Crippen LogP contribution in [0.2, 0.25) is 0 Å². The van der Waals surface area contributed by atoms with Crippen LogP contribution in [0.3, 0.4) is 0 Å². The van der Waals surface area contributed by atoms with Gasteiger partial charge in [-0.3, -0.25) is 14.9 Å². The molecule has 6 nitrogen and oxygen atoms in total. The van der Waals surface area contributed by atoms with E-state index in [2.05, 4.69) is 22.8 Å². The summed E-state index contributed by atoms with van der Waals surface area (Å²) in [7, 11) is 0. The van der Waals surface area contributed by atoms with Crippen molar-refractivity contribution >= 4 is 23.0 Å². The molecule has 3 atom stereocenters. The zero-order valence-electron chi connectivity index (χ0n) is 14.3. The second-order valence-corrected chi connectivity index (χ2v) is 6.81. The Bertz CT molecular complexity index is 905.